The quantitative estimate of drug-likeness (QED) is 0.144. The molecule has 0 aliphatic carbocycles. The van der Waals surface area contributed by atoms with Crippen molar-refractivity contribution in [2.24, 2.45) is 11.8 Å². The highest BCUT2D eigenvalue weighted by atomic mass is 35.5. The van der Waals surface area contributed by atoms with Crippen LogP contribution in [-0.2, 0) is 25.1 Å². The van der Waals surface area contributed by atoms with Gasteiger partial charge in [-0.2, -0.15) is 0 Å². The van der Waals surface area contributed by atoms with Gasteiger partial charge < -0.3 is 28.2 Å². The fraction of sp³-hybridized carbons (Fsp3) is 0.500. The van der Waals surface area contributed by atoms with Crippen LogP contribution in [0, 0.1) is 25.7 Å². The second kappa shape index (κ2) is 18.1. The second-order valence-electron chi connectivity index (χ2n) is 14.1. The third kappa shape index (κ3) is 11.0. The van der Waals surface area contributed by atoms with E-state index in [4.69, 9.17) is 30.1 Å². The van der Waals surface area contributed by atoms with Crippen molar-refractivity contribution >= 4 is 32.2 Å². The van der Waals surface area contributed by atoms with Gasteiger partial charge in [0, 0.05) is 23.8 Å². The Labute approximate surface area is 307 Å². The van der Waals surface area contributed by atoms with Gasteiger partial charge in [0.15, 0.2) is 6.35 Å². The molecule has 51 heavy (non-hydrogen) atoms. The Balaban J connectivity index is 0.000000306. The summed E-state index contributed by atoms with van der Waals surface area (Å²) in [6, 6.07) is 17.6. The van der Waals surface area contributed by atoms with E-state index in [0.717, 1.165) is 39.8 Å². The molecule has 3 aromatic rings. The molecule has 2 aliphatic heterocycles. The number of carbonyl (C=O) groups excluding carboxylic acids is 2. The summed E-state index contributed by atoms with van der Waals surface area (Å²) in [5.74, 6) is -1.34. The molecule has 0 spiro atoms. The average Bonchev–Trinajstić information content (AvgIpc) is 3.42. The van der Waals surface area contributed by atoms with Crippen LogP contribution in [0.25, 0.3) is 0 Å². The maximum Gasteiger partial charge on any atom is 0.267 e. The molecular formula is C40H51ClF2NO6P. The molecule has 0 aromatic heterocycles. The molecule has 0 saturated carbocycles. The molecule has 11 heteroatoms. The smallest absolute Gasteiger partial charge is 0.267 e. The highest BCUT2D eigenvalue weighted by Gasteiger charge is 2.47. The first-order valence-electron chi connectivity index (χ1n) is 17.5. The molecular weight excluding hydrogens is 695 g/mol. The Kier molecular flexibility index (Phi) is 14.4. The van der Waals surface area contributed by atoms with Crippen molar-refractivity contribution in [3.05, 3.63) is 93.0 Å². The van der Waals surface area contributed by atoms with Crippen LogP contribution < -0.4 is 9.47 Å². The van der Waals surface area contributed by atoms with Crippen LogP contribution >= 0.6 is 20.0 Å². The van der Waals surface area contributed by atoms with Crippen LogP contribution in [0.4, 0.5) is 8.78 Å². The van der Waals surface area contributed by atoms with E-state index in [2.05, 4.69) is 64.1 Å². The first-order chi connectivity index (χ1) is 24.1. The third-order valence-corrected chi connectivity index (χ3v) is 11.1. The molecule has 2 aliphatic rings. The lowest BCUT2D eigenvalue weighted by atomic mass is 9.93. The lowest BCUT2D eigenvalue weighted by Gasteiger charge is -2.29. The number of aryl methyl sites for hydroxylation is 2. The number of hydrogen-bond donors (Lipinski definition) is 0. The average molecular weight is 746 g/mol. The van der Waals surface area contributed by atoms with Crippen LogP contribution in [0.15, 0.2) is 54.6 Å². The van der Waals surface area contributed by atoms with Crippen molar-refractivity contribution in [3.63, 3.8) is 0 Å². The maximum absolute atomic E-state index is 13.1. The van der Waals surface area contributed by atoms with Gasteiger partial charge in [-0.25, -0.2) is 8.78 Å². The van der Waals surface area contributed by atoms with Crippen LogP contribution in [0.5, 0.6) is 11.5 Å². The van der Waals surface area contributed by atoms with Crippen molar-refractivity contribution < 1.29 is 36.9 Å². The van der Waals surface area contributed by atoms with E-state index in [1.165, 1.54) is 27.8 Å². The Hall–Kier alpha value is -3.10. The topological polar surface area (TPSA) is 74.3 Å². The van der Waals surface area contributed by atoms with Gasteiger partial charge in [-0.15, -0.1) is 0 Å². The predicted molar refractivity (Wildman–Crippen MR) is 199 cm³/mol. The minimum absolute atomic E-state index is 0.0109. The summed E-state index contributed by atoms with van der Waals surface area (Å²) in [6.45, 7) is 14.1. The van der Waals surface area contributed by atoms with E-state index in [1.807, 2.05) is 32.0 Å². The molecule has 5 rings (SSSR count). The molecule has 4 atom stereocenters. The van der Waals surface area contributed by atoms with Gasteiger partial charge >= 0.3 is 0 Å². The molecule has 0 N–H and O–H groups in total. The number of ether oxygens (including phenoxy) is 2. The molecule has 4 unspecified atom stereocenters. The lowest BCUT2D eigenvalue weighted by molar-refractivity contribution is -0.140. The number of hydrogen-bond acceptors (Lipinski definition) is 6. The monoisotopic (exact) mass is 745 g/mol. The summed E-state index contributed by atoms with van der Waals surface area (Å²) in [4.78, 5) is 23.6. The van der Waals surface area contributed by atoms with E-state index in [-0.39, 0.29) is 23.8 Å². The molecule has 7 nitrogen and oxygen atoms in total. The zero-order valence-electron chi connectivity index (χ0n) is 30.9. The maximum atomic E-state index is 13.1. The summed E-state index contributed by atoms with van der Waals surface area (Å²) in [5, 5.41) is 0.722. The van der Waals surface area contributed by atoms with Crippen molar-refractivity contribution in [1.82, 2.24) is 4.90 Å². The van der Waals surface area contributed by atoms with E-state index in [0.29, 0.717) is 25.2 Å². The molecule has 2 saturated heterocycles. The number of alkyl halides is 2. The van der Waals surface area contributed by atoms with Gasteiger partial charge in [0.25, 0.3) is 5.92 Å². The second-order valence-corrected chi connectivity index (χ2v) is 15.9. The summed E-state index contributed by atoms with van der Waals surface area (Å²) >= 11 is 6.16. The fourth-order valence-corrected chi connectivity index (χ4v) is 7.71. The van der Waals surface area contributed by atoms with Crippen molar-refractivity contribution in [3.8, 4) is 11.5 Å². The van der Waals surface area contributed by atoms with E-state index < -0.39 is 33.3 Å². The highest BCUT2D eigenvalue weighted by Crippen LogP contribution is 2.49. The Bertz CT molecular complexity index is 1630. The number of likely N-dealkylation sites (tertiary alicyclic amines) is 1. The Morgan fingerprint density at radius 3 is 2.39 bits per heavy atom. The van der Waals surface area contributed by atoms with Crippen molar-refractivity contribution in [2.75, 3.05) is 26.6 Å². The molecule has 3 aromatic carbocycles. The van der Waals surface area contributed by atoms with E-state index in [9.17, 15) is 18.4 Å². The van der Waals surface area contributed by atoms with E-state index >= 15 is 0 Å². The van der Waals surface area contributed by atoms with Gasteiger partial charge in [0.05, 0.1) is 32.4 Å². The van der Waals surface area contributed by atoms with Crippen molar-refractivity contribution in [1.29, 1.82) is 0 Å². The SMILES string of the molecule is CC(C)C(C)C(=O)N1CC(F)(F)CC1C=O.COc1ccc(Cc2c(C)cc(OCP3OCCC(c4cccc(Cl)c4)O3)cc2C)cc1C(C)C. The van der Waals surface area contributed by atoms with Gasteiger partial charge in [-0.1, -0.05) is 70.5 Å². The molecule has 2 fully saturated rings. The third-order valence-electron chi connectivity index (χ3n) is 9.52. The number of aldehydes is 1. The van der Waals surface area contributed by atoms with E-state index in [1.54, 1.807) is 14.0 Å². The number of methoxy groups -OCH3 is 1. The largest absolute Gasteiger partial charge is 0.496 e. The molecule has 0 bridgehead atoms. The number of nitrogens with zero attached hydrogens (tertiary/aromatic N) is 1. The van der Waals surface area contributed by atoms with Crippen molar-refractivity contribution in [2.45, 2.75) is 91.7 Å². The summed E-state index contributed by atoms with van der Waals surface area (Å²) < 4.78 is 50.0. The summed E-state index contributed by atoms with van der Waals surface area (Å²) in [7, 11) is 0.605. The van der Waals surface area contributed by atoms with Gasteiger partial charge in [-0.3, -0.25) is 4.79 Å². The number of benzene rings is 3. The van der Waals surface area contributed by atoms with Gasteiger partial charge in [0.1, 0.15) is 17.8 Å². The highest BCUT2D eigenvalue weighted by molar-refractivity contribution is 7.47. The lowest BCUT2D eigenvalue weighted by Crippen LogP contribution is -2.41. The minimum atomic E-state index is -2.93. The molecule has 2 heterocycles. The summed E-state index contributed by atoms with van der Waals surface area (Å²) in [5.41, 5.74) is 7.38. The Morgan fingerprint density at radius 2 is 1.78 bits per heavy atom. The minimum Gasteiger partial charge on any atom is -0.496 e. The van der Waals surface area contributed by atoms with Crippen LogP contribution in [0.3, 0.4) is 0 Å². The zero-order chi connectivity index (χ0) is 37.5. The molecule has 1 amide bonds. The molecule has 278 valence electrons. The first kappa shape index (κ1) is 40.7. The standard InChI is InChI=1S/C29H34ClO4P.C11H17F2NO2/c1-19(2)26-15-22(9-10-29(26)31-5)16-27-20(3)13-25(14-21(27)4)32-18-35-33-12-11-28(34-35)23-7-6-8-24(30)17-23;1-7(2)8(3)10(16)14-6-11(12,13)4-9(14)5-15/h6-10,13-15,17,19,28H,11-12,16,18H2,1-5H3;5,7-9H,4,6H2,1-3H3. The number of halogens is 3. The predicted octanol–water partition coefficient (Wildman–Crippen LogP) is 10.2. The summed E-state index contributed by atoms with van der Waals surface area (Å²) in [6.07, 6.45) is 1.97. The van der Waals surface area contributed by atoms with Crippen LogP contribution in [0.2, 0.25) is 5.02 Å². The number of rotatable bonds is 11. The number of carbonyl (C=O) groups is 2. The van der Waals surface area contributed by atoms with Gasteiger partial charge in [-0.05, 0) is 95.8 Å². The van der Waals surface area contributed by atoms with Crippen LogP contribution in [-0.4, -0.2) is 55.7 Å². The fourth-order valence-electron chi connectivity index (χ4n) is 6.24. The zero-order valence-corrected chi connectivity index (χ0v) is 32.5. The van der Waals surface area contributed by atoms with Crippen LogP contribution in [0.1, 0.15) is 92.9 Å². The normalized spacial score (nSPS) is 20.5. The Morgan fingerprint density at radius 1 is 1.08 bits per heavy atom. The number of amides is 1. The first-order valence-corrected chi connectivity index (χ1v) is 19.2. The molecule has 0 radical (unpaired) electrons. The van der Waals surface area contributed by atoms with Gasteiger partial charge in [0.2, 0.25) is 14.3 Å².